The van der Waals surface area contributed by atoms with Crippen LogP contribution in [0.5, 0.6) is 0 Å². The molecule has 0 aliphatic rings. The molecule has 0 fully saturated rings. The molecule has 3 nitrogen and oxygen atoms in total. The molecule has 78 valence electrons. The molecule has 0 aromatic carbocycles. The van der Waals surface area contributed by atoms with Gasteiger partial charge in [0.1, 0.15) is 11.7 Å². The van der Waals surface area contributed by atoms with Gasteiger partial charge in [-0.25, -0.2) is 0 Å². The number of aliphatic carboxylic acids is 1. The molecule has 0 aliphatic carbocycles. The van der Waals surface area contributed by atoms with Crippen molar-refractivity contribution in [2.24, 2.45) is 0 Å². The van der Waals surface area contributed by atoms with Gasteiger partial charge >= 0.3 is 12.1 Å². The molecule has 1 heterocycles. The Hall–Kier alpha value is -1.46. The van der Waals surface area contributed by atoms with E-state index in [-0.39, 0.29) is 5.76 Å². The highest BCUT2D eigenvalue weighted by Crippen LogP contribution is 2.37. The van der Waals surface area contributed by atoms with Crippen molar-refractivity contribution in [3.63, 3.8) is 0 Å². The highest BCUT2D eigenvalue weighted by molar-refractivity contribution is 5.68. The molecule has 1 atom stereocenters. The fourth-order valence-corrected chi connectivity index (χ4v) is 1.04. The number of hydrogen-bond acceptors (Lipinski definition) is 2. The Labute approximate surface area is 77.1 Å². The van der Waals surface area contributed by atoms with Gasteiger partial charge in [0.05, 0.1) is 12.7 Å². The summed E-state index contributed by atoms with van der Waals surface area (Å²) in [7, 11) is 0. The molecule has 0 amide bonds. The maximum absolute atomic E-state index is 12.3. The van der Waals surface area contributed by atoms with Gasteiger partial charge < -0.3 is 9.52 Å². The lowest BCUT2D eigenvalue weighted by atomic mass is 10.0. The minimum atomic E-state index is -4.60. The molecule has 0 saturated heterocycles. The molecule has 6 heteroatoms. The summed E-state index contributed by atoms with van der Waals surface area (Å²) in [5.74, 6) is -3.96. The summed E-state index contributed by atoms with van der Waals surface area (Å²) >= 11 is 0. The van der Waals surface area contributed by atoms with Crippen LogP contribution in [0.4, 0.5) is 13.2 Å². The molecule has 1 N–H and O–H groups in total. The second kappa shape index (κ2) is 3.73. The van der Waals surface area contributed by atoms with Crippen LogP contribution in [0.25, 0.3) is 0 Å². The molecule has 0 spiro atoms. The largest absolute Gasteiger partial charge is 0.481 e. The molecular weight excluding hydrogens is 201 g/mol. The van der Waals surface area contributed by atoms with Gasteiger partial charge in [-0.05, 0) is 12.1 Å². The smallest absolute Gasteiger partial charge is 0.399 e. The third kappa shape index (κ3) is 2.51. The zero-order valence-electron chi connectivity index (χ0n) is 6.91. The lowest BCUT2D eigenvalue weighted by molar-refractivity contribution is -0.166. The molecule has 1 aromatic rings. The van der Waals surface area contributed by atoms with Crippen molar-refractivity contribution in [1.82, 2.24) is 0 Å². The van der Waals surface area contributed by atoms with Crippen molar-refractivity contribution in [3.05, 3.63) is 24.2 Å². The third-order valence-electron chi connectivity index (χ3n) is 1.66. The van der Waals surface area contributed by atoms with E-state index in [2.05, 4.69) is 4.42 Å². The average Bonchev–Trinajstić information content (AvgIpc) is 2.49. The molecule has 0 radical (unpaired) electrons. The molecule has 1 unspecified atom stereocenters. The number of furan rings is 1. The number of carboxylic acid groups (broad SMARTS) is 1. The van der Waals surface area contributed by atoms with Gasteiger partial charge in [-0.15, -0.1) is 0 Å². The van der Waals surface area contributed by atoms with Crippen molar-refractivity contribution in [3.8, 4) is 0 Å². The monoisotopic (exact) mass is 208 g/mol. The lowest BCUT2D eigenvalue weighted by Crippen LogP contribution is -2.23. The Kier molecular flexibility index (Phi) is 2.83. The number of carbonyl (C=O) groups is 1. The van der Waals surface area contributed by atoms with Gasteiger partial charge in [0.15, 0.2) is 0 Å². The normalized spacial score (nSPS) is 13.9. The SMILES string of the molecule is O=C(O)CC(c1ccco1)C(F)(F)F. The Bertz CT molecular complexity index is 302. The summed E-state index contributed by atoms with van der Waals surface area (Å²) in [4.78, 5) is 10.2. The van der Waals surface area contributed by atoms with Gasteiger partial charge in [0.25, 0.3) is 0 Å². The minimum Gasteiger partial charge on any atom is -0.481 e. The average molecular weight is 208 g/mol. The van der Waals surface area contributed by atoms with Crippen LogP contribution in [0.1, 0.15) is 18.1 Å². The summed E-state index contributed by atoms with van der Waals surface area (Å²) in [5.41, 5.74) is 0. The molecule has 0 saturated carbocycles. The van der Waals surface area contributed by atoms with Crippen molar-refractivity contribution in [2.45, 2.75) is 18.5 Å². The van der Waals surface area contributed by atoms with E-state index in [1.165, 1.54) is 6.07 Å². The minimum absolute atomic E-state index is 0.375. The van der Waals surface area contributed by atoms with Gasteiger partial charge in [0, 0.05) is 0 Å². The fourth-order valence-electron chi connectivity index (χ4n) is 1.04. The Morgan fingerprint density at radius 1 is 1.57 bits per heavy atom. The van der Waals surface area contributed by atoms with Gasteiger partial charge in [-0.1, -0.05) is 0 Å². The number of hydrogen-bond donors (Lipinski definition) is 1. The molecule has 1 aromatic heterocycles. The topological polar surface area (TPSA) is 50.4 Å². The van der Waals surface area contributed by atoms with Gasteiger partial charge in [-0.3, -0.25) is 4.79 Å². The van der Waals surface area contributed by atoms with Crippen molar-refractivity contribution in [2.75, 3.05) is 0 Å². The first-order valence-electron chi connectivity index (χ1n) is 3.73. The molecular formula is C8H7F3O3. The Morgan fingerprint density at radius 2 is 2.21 bits per heavy atom. The van der Waals surface area contributed by atoms with Crippen LogP contribution in [0.15, 0.2) is 22.8 Å². The van der Waals surface area contributed by atoms with Crippen molar-refractivity contribution in [1.29, 1.82) is 0 Å². The second-order valence-electron chi connectivity index (χ2n) is 2.71. The maximum atomic E-state index is 12.3. The van der Waals surface area contributed by atoms with Crippen LogP contribution in [-0.2, 0) is 4.79 Å². The van der Waals surface area contributed by atoms with Crippen LogP contribution in [0.3, 0.4) is 0 Å². The summed E-state index contributed by atoms with van der Waals surface area (Å²) in [5, 5.41) is 8.30. The number of alkyl halides is 3. The maximum Gasteiger partial charge on any atom is 0.399 e. The number of rotatable bonds is 3. The van der Waals surface area contributed by atoms with E-state index in [4.69, 9.17) is 5.11 Å². The predicted octanol–water partition coefficient (Wildman–Crippen LogP) is 2.40. The Morgan fingerprint density at radius 3 is 2.57 bits per heavy atom. The first-order chi connectivity index (χ1) is 6.41. The van der Waals surface area contributed by atoms with E-state index in [9.17, 15) is 18.0 Å². The molecule has 0 aliphatic heterocycles. The number of carboxylic acids is 1. The van der Waals surface area contributed by atoms with Crippen molar-refractivity contribution < 1.29 is 27.5 Å². The second-order valence-corrected chi connectivity index (χ2v) is 2.71. The lowest BCUT2D eigenvalue weighted by Gasteiger charge is -2.15. The number of halogens is 3. The van der Waals surface area contributed by atoms with Crippen LogP contribution in [0, 0.1) is 0 Å². The molecule has 1 rings (SSSR count). The van der Waals surface area contributed by atoms with Crippen LogP contribution in [0.2, 0.25) is 0 Å². The van der Waals surface area contributed by atoms with Gasteiger partial charge in [0.2, 0.25) is 0 Å². The Balaban J connectivity index is 2.89. The van der Waals surface area contributed by atoms with E-state index in [1.807, 2.05) is 0 Å². The standard InChI is InChI=1S/C8H7F3O3/c9-8(10,11)5(4-7(12)13)6-2-1-3-14-6/h1-3,5H,4H2,(H,12,13). The highest BCUT2D eigenvalue weighted by Gasteiger charge is 2.43. The summed E-state index contributed by atoms with van der Waals surface area (Å²) in [6, 6.07) is 2.40. The van der Waals surface area contributed by atoms with E-state index in [1.54, 1.807) is 0 Å². The van der Waals surface area contributed by atoms with E-state index in [0.717, 1.165) is 12.3 Å². The summed E-state index contributed by atoms with van der Waals surface area (Å²) < 4.78 is 41.5. The van der Waals surface area contributed by atoms with Crippen LogP contribution >= 0.6 is 0 Å². The zero-order valence-corrected chi connectivity index (χ0v) is 6.91. The zero-order chi connectivity index (χ0) is 10.8. The first-order valence-corrected chi connectivity index (χ1v) is 3.73. The van der Waals surface area contributed by atoms with Crippen LogP contribution in [-0.4, -0.2) is 17.3 Å². The quantitative estimate of drug-likeness (QED) is 0.829. The van der Waals surface area contributed by atoms with Crippen LogP contribution < -0.4 is 0 Å². The van der Waals surface area contributed by atoms with Crippen molar-refractivity contribution >= 4 is 5.97 Å². The molecule has 14 heavy (non-hydrogen) atoms. The summed E-state index contributed by atoms with van der Waals surface area (Å²) in [6.45, 7) is 0. The van der Waals surface area contributed by atoms with E-state index >= 15 is 0 Å². The summed E-state index contributed by atoms with van der Waals surface area (Å²) in [6.07, 6.45) is -4.54. The van der Waals surface area contributed by atoms with Gasteiger partial charge in [-0.2, -0.15) is 13.2 Å². The van der Waals surface area contributed by atoms with E-state index in [0.29, 0.717) is 0 Å². The first kappa shape index (κ1) is 10.6. The fraction of sp³-hybridized carbons (Fsp3) is 0.375. The predicted molar refractivity (Wildman–Crippen MR) is 39.8 cm³/mol. The van der Waals surface area contributed by atoms with E-state index < -0.39 is 24.5 Å². The molecule has 0 bridgehead atoms. The third-order valence-corrected chi connectivity index (χ3v) is 1.66. The highest BCUT2D eigenvalue weighted by atomic mass is 19.4.